The van der Waals surface area contributed by atoms with E-state index in [4.69, 9.17) is 5.73 Å². The minimum Gasteiger partial charge on any atom is -0.330 e. The van der Waals surface area contributed by atoms with Crippen molar-refractivity contribution in [2.75, 3.05) is 6.54 Å². The number of rotatable bonds is 3. The van der Waals surface area contributed by atoms with Crippen LogP contribution in [-0.2, 0) is 6.42 Å². The largest absolute Gasteiger partial charge is 0.330 e. The van der Waals surface area contributed by atoms with Crippen LogP contribution in [0.25, 0.3) is 16.9 Å². The van der Waals surface area contributed by atoms with Crippen molar-refractivity contribution in [1.82, 2.24) is 25.2 Å². The summed E-state index contributed by atoms with van der Waals surface area (Å²) in [6.07, 6.45) is 2.58. The molecule has 0 aliphatic rings. The number of nitrogens with two attached hydrogens (primary N) is 1. The van der Waals surface area contributed by atoms with E-state index in [1.165, 1.54) is 12.1 Å². The van der Waals surface area contributed by atoms with E-state index in [1.54, 1.807) is 10.6 Å². The van der Waals surface area contributed by atoms with E-state index in [1.807, 2.05) is 6.20 Å². The van der Waals surface area contributed by atoms with E-state index in [0.29, 0.717) is 24.4 Å². The summed E-state index contributed by atoms with van der Waals surface area (Å²) >= 11 is 0. The second-order valence-corrected chi connectivity index (χ2v) is 3.94. The minimum atomic E-state index is -0.301. The van der Waals surface area contributed by atoms with E-state index < -0.39 is 0 Å². The van der Waals surface area contributed by atoms with Crippen LogP contribution in [0.3, 0.4) is 0 Å². The number of nitrogens with one attached hydrogen (secondary N) is 1. The Bertz CT molecular complexity index is 672. The second-order valence-electron chi connectivity index (χ2n) is 3.94. The summed E-state index contributed by atoms with van der Waals surface area (Å²) in [6.45, 7) is 0.530. The highest BCUT2D eigenvalue weighted by Crippen LogP contribution is 2.24. The normalized spacial score (nSPS) is 11.2. The van der Waals surface area contributed by atoms with Gasteiger partial charge in [0, 0.05) is 11.6 Å². The third-order valence-electron chi connectivity index (χ3n) is 2.81. The van der Waals surface area contributed by atoms with Crippen LogP contribution < -0.4 is 5.73 Å². The van der Waals surface area contributed by atoms with Crippen molar-refractivity contribution in [3.63, 3.8) is 0 Å². The first-order valence-corrected chi connectivity index (χ1v) is 5.53. The van der Waals surface area contributed by atoms with Gasteiger partial charge in [0.05, 0.1) is 5.52 Å². The fourth-order valence-electron chi connectivity index (χ4n) is 2.05. The van der Waals surface area contributed by atoms with Crippen molar-refractivity contribution in [3.05, 3.63) is 35.8 Å². The van der Waals surface area contributed by atoms with Gasteiger partial charge in [-0.2, -0.15) is 5.21 Å². The molecule has 0 bridgehead atoms. The molecule has 0 spiro atoms. The lowest BCUT2D eigenvalue weighted by atomic mass is 10.1. The van der Waals surface area contributed by atoms with Gasteiger partial charge in [-0.1, -0.05) is 5.10 Å². The highest BCUT2D eigenvalue weighted by atomic mass is 19.1. The molecule has 1 aromatic carbocycles. The average Bonchev–Trinajstić information content (AvgIpc) is 2.97. The first kappa shape index (κ1) is 10.8. The molecule has 0 atom stereocenters. The van der Waals surface area contributed by atoms with Gasteiger partial charge in [0.15, 0.2) is 0 Å². The van der Waals surface area contributed by atoms with E-state index in [9.17, 15) is 4.39 Å². The third-order valence-corrected chi connectivity index (χ3v) is 2.81. The quantitative estimate of drug-likeness (QED) is 0.715. The monoisotopic (exact) mass is 246 g/mol. The number of tetrazole rings is 1. The second kappa shape index (κ2) is 4.19. The Balaban J connectivity index is 2.27. The molecule has 2 aromatic heterocycles. The van der Waals surface area contributed by atoms with Crippen LogP contribution in [0.4, 0.5) is 4.39 Å². The minimum absolute atomic E-state index is 0.301. The zero-order valence-corrected chi connectivity index (χ0v) is 9.47. The molecular weight excluding hydrogens is 235 g/mol. The van der Waals surface area contributed by atoms with Gasteiger partial charge in [-0.05, 0) is 41.9 Å². The molecular formula is C11H11FN6. The van der Waals surface area contributed by atoms with Gasteiger partial charge >= 0.3 is 0 Å². The zero-order valence-electron chi connectivity index (χ0n) is 9.47. The molecule has 6 nitrogen and oxygen atoms in total. The molecule has 0 amide bonds. The molecule has 18 heavy (non-hydrogen) atoms. The van der Waals surface area contributed by atoms with Gasteiger partial charge in [-0.25, -0.2) is 4.39 Å². The Hall–Kier alpha value is -2.28. The highest BCUT2D eigenvalue weighted by molar-refractivity contribution is 5.85. The standard InChI is InChI=1S/C11H11FN6/c12-8-1-2-9-7(3-4-13)6-18(10(9)5-8)11-14-16-17-15-11/h1-2,5-6H,3-4,13H2,(H,14,15,16,17). The molecule has 0 aliphatic heterocycles. The number of aromatic amines is 1. The zero-order chi connectivity index (χ0) is 12.5. The summed E-state index contributed by atoms with van der Waals surface area (Å²) in [4.78, 5) is 0. The van der Waals surface area contributed by atoms with Crippen molar-refractivity contribution in [2.45, 2.75) is 6.42 Å². The molecule has 2 heterocycles. The van der Waals surface area contributed by atoms with E-state index >= 15 is 0 Å². The third kappa shape index (κ3) is 1.65. The van der Waals surface area contributed by atoms with Gasteiger partial charge in [0.1, 0.15) is 5.82 Å². The van der Waals surface area contributed by atoms with Crippen LogP contribution in [0.5, 0.6) is 0 Å². The molecule has 0 saturated heterocycles. The molecule has 3 rings (SSSR count). The molecule has 0 radical (unpaired) electrons. The lowest BCUT2D eigenvalue weighted by Gasteiger charge is -1.98. The fourth-order valence-corrected chi connectivity index (χ4v) is 2.05. The summed E-state index contributed by atoms with van der Waals surface area (Å²) < 4.78 is 15.1. The van der Waals surface area contributed by atoms with Gasteiger partial charge in [0.2, 0.25) is 0 Å². The predicted octanol–water partition coefficient (Wildman–Crippen LogP) is 0.784. The molecule has 0 saturated carbocycles. The summed E-state index contributed by atoms with van der Waals surface area (Å²) in [6, 6.07) is 4.63. The van der Waals surface area contributed by atoms with Crippen LogP contribution in [0.2, 0.25) is 0 Å². The highest BCUT2D eigenvalue weighted by Gasteiger charge is 2.12. The molecule has 0 aliphatic carbocycles. The van der Waals surface area contributed by atoms with Gasteiger partial charge in [-0.15, -0.1) is 5.10 Å². The predicted molar refractivity (Wildman–Crippen MR) is 63.7 cm³/mol. The number of halogens is 1. The number of nitrogens with zero attached hydrogens (tertiary/aromatic N) is 4. The van der Waals surface area contributed by atoms with Crippen LogP contribution >= 0.6 is 0 Å². The van der Waals surface area contributed by atoms with Crippen molar-refractivity contribution in [1.29, 1.82) is 0 Å². The number of benzene rings is 1. The van der Waals surface area contributed by atoms with Gasteiger partial charge < -0.3 is 5.73 Å². The number of fused-ring (bicyclic) bond motifs is 1. The molecule has 3 N–H and O–H groups in total. The van der Waals surface area contributed by atoms with Gasteiger partial charge in [0.25, 0.3) is 5.95 Å². The van der Waals surface area contributed by atoms with Crippen molar-refractivity contribution in [2.24, 2.45) is 5.73 Å². The van der Waals surface area contributed by atoms with Crippen molar-refractivity contribution >= 4 is 10.9 Å². The Labute approximate surface area is 102 Å². The molecule has 3 aromatic rings. The Kier molecular flexibility index (Phi) is 2.52. The van der Waals surface area contributed by atoms with E-state index in [0.717, 1.165) is 10.9 Å². The van der Waals surface area contributed by atoms with E-state index in [2.05, 4.69) is 20.6 Å². The van der Waals surface area contributed by atoms with Crippen LogP contribution in [0.1, 0.15) is 5.56 Å². The summed E-state index contributed by atoms with van der Waals surface area (Å²) in [5.74, 6) is 0.0820. The van der Waals surface area contributed by atoms with Crippen LogP contribution in [0.15, 0.2) is 24.4 Å². The van der Waals surface area contributed by atoms with Gasteiger partial charge in [-0.3, -0.25) is 4.57 Å². The number of hydrogen-bond donors (Lipinski definition) is 2. The Morgan fingerprint density at radius 3 is 3.00 bits per heavy atom. The number of aromatic nitrogens is 5. The Morgan fingerprint density at radius 1 is 1.39 bits per heavy atom. The first-order chi connectivity index (χ1) is 8.79. The molecule has 0 fully saturated rings. The SMILES string of the molecule is NCCc1cn(-c2nn[nH]n2)c2cc(F)ccc12. The molecule has 92 valence electrons. The Morgan fingerprint density at radius 2 is 2.28 bits per heavy atom. The maximum Gasteiger partial charge on any atom is 0.274 e. The first-order valence-electron chi connectivity index (χ1n) is 5.53. The summed E-state index contributed by atoms with van der Waals surface area (Å²) in [5, 5.41) is 14.6. The summed E-state index contributed by atoms with van der Waals surface area (Å²) in [5.41, 5.74) is 7.32. The van der Waals surface area contributed by atoms with Crippen molar-refractivity contribution < 1.29 is 4.39 Å². The lowest BCUT2D eigenvalue weighted by molar-refractivity contribution is 0.629. The topological polar surface area (TPSA) is 85.4 Å². The maximum atomic E-state index is 13.4. The smallest absolute Gasteiger partial charge is 0.274 e. The number of H-pyrrole nitrogens is 1. The summed E-state index contributed by atoms with van der Waals surface area (Å²) in [7, 11) is 0. The maximum absolute atomic E-state index is 13.4. The van der Waals surface area contributed by atoms with Crippen LogP contribution in [-0.4, -0.2) is 31.7 Å². The van der Waals surface area contributed by atoms with Crippen LogP contribution in [0, 0.1) is 5.82 Å². The lowest BCUT2D eigenvalue weighted by Crippen LogP contribution is -2.02. The fraction of sp³-hybridized carbons (Fsp3) is 0.182. The molecule has 0 unspecified atom stereocenters. The molecule has 7 heteroatoms. The number of hydrogen-bond acceptors (Lipinski definition) is 4. The van der Waals surface area contributed by atoms with Crippen molar-refractivity contribution in [3.8, 4) is 5.95 Å². The van der Waals surface area contributed by atoms with E-state index in [-0.39, 0.29) is 5.82 Å². The average molecular weight is 246 g/mol.